The Balaban J connectivity index is 1.96. The molecule has 10 nitrogen and oxygen atoms in total. The Bertz CT molecular complexity index is 762. The van der Waals surface area contributed by atoms with Crippen molar-refractivity contribution in [3.05, 3.63) is 54.1 Å². The van der Waals surface area contributed by atoms with Crippen molar-refractivity contribution in [1.29, 1.82) is 0 Å². The highest BCUT2D eigenvalue weighted by Gasteiger charge is 2.46. The van der Waals surface area contributed by atoms with Crippen LogP contribution in [-0.2, 0) is 23.8 Å². The molecule has 1 unspecified atom stereocenters. The average molecular weight is 424 g/mol. The number of esters is 2. The van der Waals surface area contributed by atoms with Crippen molar-refractivity contribution >= 4 is 18.0 Å². The quantitative estimate of drug-likeness (QED) is 0.245. The Morgan fingerprint density at radius 3 is 2.43 bits per heavy atom. The molecule has 1 saturated heterocycles. The molecule has 164 valence electrons. The number of aliphatic hydroxyl groups excluding tert-OH is 5. The smallest absolute Gasteiger partial charge is 0.336 e. The highest BCUT2D eigenvalue weighted by molar-refractivity contribution is 5.88. The Kier molecular flexibility index (Phi) is 8.66. The van der Waals surface area contributed by atoms with Gasteiger partial charge >= 0.3 is 11.9 Å². The zero-order valence-corrected chi connectivity index (χ0v) is 15.9. The predicted molar refractivity (Wildman–Crippen MR) is 101 cm³/mol. The van der Waals surface area contributed by atoms with Gasteiger partial charge in [0.15, 0.2) is 0 Å². The van der Waals surface area contributed by atoms with Crippen molar-refractivity contribution in [2.75, 3.05) is 13.2 Å². The van der Waals surface area contributed by atoms with Crippen LogP contribution >= 0.6 is 0 Å². The van der Waals surface area contributed by atoms with Crippen LogP contribution in [0.4, 0.5) is 0 Å². The Labute approximate surface area is 172 Å². The van der Waals surface area contributed by atoms with Crippen LogP contribution in [0, 0.1) is 0 Å². The number of carbonyl (C=O) groups excluding carboxylic acids is 2. The van der Waals surface area contributed by atoms with Gasteiger partial charge in [0.2, 0.25) is 6.29 Å². The summed E-state index contributed by atoms with van der Waals surface area (Å²) >= 11 is 0. The lowest BCUT2D eigenvalue weighted by atomic mass is 9.99. The molecule has 0 bridgehead atoms. The third kappa shape index (κ3) is 6.20. The summed E-state index contributed by atoms with van der Waals surface area (Å²) < 4.78 is 15.1. The zero-order valence-electron chi connectivity index (χ0n) is 15.9. The number of rotatable bonds is 8. The predicted octanol–water partition coefficient (Wildman–Crippen LogP) is -1.50. The topological polar surface area (TPSA) is 163 Å². The maximum absolute atomic E-state index is 12.0. The minimum absolute atomic E-state index is 0.419. The first-order valence-electron chi connectivity index (χ1n) is 9.02. The molecule has 1 fully saturated rings. The normalized spacial score (nSPS) is 27.4. The fourth-order valence-corrected chi connectivity index (χ4v) is 2.53. The summed E-state index contributed by atoms with van der Waals surface area (Å²) in [6.45, 7) is 1.94. The van der Waals surface area contributed by atoms with Gasteiger partial charge in [0, 0.05) is 6.08 Å². The van der Waals surface area contributed by atoms with Gasteiger partial charge in [0.1, 0.15) is 37.1 Å². The molecule has 0 aliphatic carbocycles. The second-order valence-corrected chi connectivity index (χ2v) is 6.52. The lowest BCUT2D eigenvalue weighted by Gasteiger charge is -2.39. The highest BCUT2D eigenvalue weighted by Crippen LogP contribution is 2.23. The molecule has 1 aliphatic heterocycles. The van der Waals surface area contributed by atoms with E-state index in [0.29, 0.717) is 0 Å². The molecule has 1 aromatic rings. The molecule has 0 spiro atoms. The largest absolute Gasteiger partial charge is 0.459 e. The van der Waals surface area contributed by atoms with Crippen molar-refractivity contribution < 1.29 is 49.3 Å². The van der Waals surface area contributed by atoms with Crippen LogP contribution in [0.2, 0.25) is 0 Å². The van der Waals surface area contributed by atoms with Gasteiger partial charge in [-0.1, -0.05) is 36.9 Å². The van der Waals surface area contributed by atoms with Gasteiger partial charge in [-0.3, -0.25) is 0 Å². The summed E-state index contributed by atoms with van der Waals surface area (Å²) in [7, 11) is 0. The first-order valence-corrected chi connectivity index (χ1v) is 9.02. The second-order valence-electron chi connectivity index (χ2n) is 6.52. The molecular weight excluding hydrogens is 400 g/mol. The SMILES string of the molecule is C=C(C(=O)OC[C@@H]1O[C@H](OC(=O)/C=C/c2ccccc2)[C@@H](O)[C@H](O)[C@H]1O)C(O)CO. The minimum Gasteiger partial charge on any atom is -0.459 e. The molecule has 30 heavy (non-hydrogen) atoms. The van der Waals surface area contributed by atoms with Crippen LogP contribution in [-0.4, -0.2) is 87.5 Å². The van der Waals surface area contributed by atoms with E-state index < -0.39 is 67.5 Å². The lowest BCUT2D eigenvalue weighted by Crippen LogP contribution is -2.59. The average Bonchev–Trinajstić information content (AvgIpc) is 2.76. The summed E-state index contributed by atoms with van der Waals surface area (Å²) in [5.41, 5.74) is 0.308. The maximum atomic E-state index is 12.0. The van der Waals surface area contributed by atoms with Crippen LogP contribution < -0.4 is 0 Å². The molecule has 2 rings (SSSR count). The fraction of sp³-hybridized carbons (Fsp3) is 0.400. The van der Waals surface area contributed by atoms with Gasteiger partial charge in [-0.2, -0.15) is 0 Å². The van der Waals surface area contributed by atoms with Gasteiger partial charge in [0.25, 0.3) is 0 Å². The van der Waals surface area contributed by atoms with E-state index in [0.717, 1.165) is 11.6 Å². The Morgan fingerprint density at radius 1 is 1.13 bits per heavy atom. The van der Waals surface area contributed by atoms with Gasteiger partial charge in [-0.25, -0.2) is 9.59 Å². The zero-order chi connectivity index (χ0) is 22.3. The van der Waals surface area contributed by atoms with Gasteiger partial charge in [-0.15, -0.1) is 0 Å². The number of benzene rings is 1. The summed E-state index contributed by atoms with van der Waals surface area (Å²) in [6.07, 6.45) is -7.07. The molecule has 1 heterocycles. The fourth-order valence-electron chi connectivity index (χ4n) is 2.53. The van der Waals surface area contributed by atoms with Crippen LogP contribution in [0.15, 0.2) is 48.6 Å². The third-order valence-electron chi connectivity index (χ3n) is 4.33. The van der Waals surface area contributed by atoms with Crippen LogP contribution in [0.1, 0.15) is 5.56 Å². The third-order valence-corrected chi connectivity index (χ3v) is 4.33. The number of hydrogen-bond acceptors (Lipinski definition) is 10. The second kappa shape index (κ2) is 11.0. The summed E-state index contributed by atoms with van der Waals surface area (Å²) in [5.74, 6) is -1.94. The van der Waals surface area contributed by atoms with E-state index in [1.807, 2.05) is 0 Å². The summed E-state index contributed by atoms with van der Waals surface area (Å²) in [6, 6.07) is 8.86. The molecule has 0 amide bonds. The summed E-state index contributed by atoms with van der Waals surface area (Å²) in [4.78, 5) is 23.8. The Hall–Kier alpha value is -2.60. The first-order chi connectivity index (χ1) is 14.2. The van der Waals surface area contributed by atoms with Crippen LogP contribution in [0.3, 0.4) is 0 Å². The van der Waals surface area contributed by atoms with Crippen LogP contribution in [0.25, 0.3) is 6.08 Å². The number of ether oxygens (including phenoxy) is 3. The minimum atomic E-state index is -1.75. The number of carbonyl (C=O) groups is 2. The first kappa shape index (κ1) is 23.7. The van der Waals surface area contributed by atoms with Crippen molar-refractivity contribution in [2.45, 2.75) is 36.8 Å². The molecule has 1 aromatic carbocycles. The molecule has 0 saturated carbocycles. The summed E-state index contributed by atoms with van der Waals surface area (Å²) in [5, 5.41) is 48.2. The van der Waals surface area contributed by atoms with Crippen molar-refractivity contribution in [2.24, 2.45) is 0 Å². The molecular formula is C20H24O10. The van der Waals surface area contributed by atoms with E-state index >= 15 is 0 Å². The Morgan fingerprint density at radius 2 is 1.80 bits per heavy atom. The van der Waals surface area contributed by atoms with Gasteiger partial charge in [0.05, 0.1) is 12.2 Å². The molecule has 0 radical (unpaired) electrons. The number of hydrogen-bond donors (Lipinski definition) is 5. The molecule has 0 aromatic heterocycles. The van der Waals surface area contributed by atoms with E-state index in [9.17, 15) is 30.0 Å². The monoisotopic (exact) mass is 424 g/mol. The van der Waals surface area contributed by atoms with E-state index in [2.05, 4.69) is 6.58 Å². The van der Waals surface area contributed by atoms with Crippen molar-refractivity contribution in [3.8, 4) is 0 Å². The molecule has 5 N–H and O–H groups in total. The molecule has 1 aliphatic rings. The van der Waals surface area contributed by atoms with Crippen molar-refractivity contribution in [3.63, 3.8) is 0 Å². The number of aliphatic hydroxyl groups is 5. The van der Waals surface area contributed by atoms with E-state index in [1.165, 1.54) is 6.08 Å². The van der Waals surface area contributed by atoms with Gasteiger partial charge < -0.3 is 39.7 Å². The van der Waals surface area contributed by atoms with E-state index in [-0.39, 0.29) is 0 Å². The van der Waals surface area contributed by atoms with Gasteiger partial charge in [-0.05, 0) is 11.6 Å². The standard InChI is InChI=1S/C20H24O10/c1-11(13(22)9-21)19(27)28-10-14-16(24)17(25)18(26)20(29-14)30-15(23)8-7-12-5-3-2-4-6-12/h2-8,13-14,16-18,20-22,24-26H,1,9-10H2/b8-7+/t13?,14-,16-,17+,18-,20+/m0/s1. The molecule has 6 atom stereocenters. The molecule has 10 heteroatoms. The van der Waals surface area contributed by atoms with Crippen molar-refractivity contribution in [1.82, 2.24) is 0 Å². The maximum Gasteiger partial charge on any atom is 0.336 e. The van der Waals surface area contributed by atoms with Crippen LogP contribution in [0.5, 0.6) is 0 Å². The lowest BCUT2D eigenvalue weighted by molar-refractivity contribution is -0.291. The van der Waals surface area contributed by atoms with E-state index in [4.69, 9.17) is 19.3 Å². The van der Waals surface area contributed by atoms with E-state index in [1.54, 1.807) is 30.3 Å². The highest BCUT2D eigenvalue weighted by atomic mass is 16.7.